The molecule has 0 spiro atoms. The molecule has 1 N–H and O–H groups in total. The van der Waals surface area contributed by atoms with E-state index in [-0.39, 0.29) is 0 Å². The van der Waals surface area contributed by atoms with Crippen molar-refractivity contribution < 1.29 is 26.1 Å². The number of alkyl halides is 3. The quantitative estimate of drug-likeness (QED) is 0.684. The average Bonchev–Trinajstić information content (AvgIpc) is 1.55. The van der Waals surface area contributed by atoms with Gasteiger partial charge in [0.15, 0.2) is 0 Å². The summed E-state index contributed by atoms with van der Waals surface area (Å²) in [4.78, 5) is 0. The summed E-state index contributed by atoms with van der Waals surface area (Å²) >= 11 is 0. The normalized spacial score (nSPS) is 13.5. The fraction of sp³-hybridized carbons (Fsp3) is 1.00. The van der Waals surface area contributed by atoms with E-state index in [2.05, 4.69) is 0 Å². The summed E-state index contributed by atoms with van der Waals surface area (Å²) < 4.78 is 61.9. The zero-order valence-electron chi connectivity index (χ0n) is 5.43. The lowest BCUT2D eigenvalue weighted by molar-refractivity contribution is -0.134. The predicted molar refractivity (Wildman–Crippen MR) is 31.7 cm³/mol. The molecule has 0 aromatic heterocycles. The maximum atomic E-state index is 11.4. The van der Waals surface area contributed by atoms with Crippen molar-refractivity contribution in [1.29, 1.82) is 0 Å². The molecule has 0 rings (SSSR count). The zero-order valence-corrected chi connectivity index (χ0v) is 6.24. The molecule has 0 saturated carbocycles. The summed E-state index contributed by atoms with van der Waals surface area (Å²) in [5.41, 5.74) is 0. The summed E-state index contributed by atoms with van der Waals surface area (Å²) in [6, 6.07) is 0. The predicted octanol–water partition coefficient (Wildman–Crippen LogP) is 1.22. The summed E-state index contributed by atoms with van der Waals surface area (Å²) in [7, 11) is -4.25. The lowest BCUT2D eigenvalue weighted by atomic mass is 10.3. The van der Waals surface area contributed by atoms with E-state index in [0.29, 0.717) is 0 Å². The first-order chi connectivity index (χ1) is 4.71. The summed E-state index contributed by atoms with van der Waals surface area (Å²) in [6.45, 7) is 0. The Hall–Kier alpha value is -0.300. The second-order valence-corrected chi connectivity index (χ2v) is 3.58. The molecule has 0 aliphatic rings. The molecule has 0 saturated heterocycles. The minimum absolute atomic E-state index is 0.595. The summed E-state index contributed by atoms with van der Waals surface area (Å²) in [5, 5.41) is 0. The summed E-state index contributed by atoms with van der Waals surface area (Å²) in [6.07, 6.45) is -6.14. The van der Waals surface area contributed by atoms with Crippen molar-refractivity contribution in [3.05, 3.63) is 0 Å². The Morgan fingerprint density at radius 2 is 1.73 bits per heavy atom. The fourth-order valence-corrected chi connectivity index (χ4v) is 0.964. The Bertz CT molecular complexity index is 205. The van der Waals surface area contributed by atoms with Crippen LogP contribution in [-0.2, 0) is 10.1 Å². The van der Waals surface area contributed by atoms with Gasteiger partial charge < -0.3 is 0 Å². The molecule has 0 fully saturated rings. The van der Waals surface area contributed by atoms with Crippen molar-refractivity contribution in [3.63, 3.8) is 0 Å². The molecule has 0 heterocycles. The molecule has 0 bridgehead atoms. The monoisotopic (exact) mass is 192 g/mol. The molecular weight excluding hydrogens is 185 g/mol. The zero-order chi connectivity index (χ0) is 9.12. The second kappa shape index (κ2) is 3.40. The van der Waals surface area contributed by atoms with Gasteiger partial charge in [-0.25, -0.2) is 0 Å². The average molecular weight is 192 g/mol. The number of rotatable bonds is 3. The van der Waals surface area contributed by atoms with Crippen LogP contribution in [0.5, 0.6) is 0 Å². The molecule has 7 heteroatoms. The Balaban J connectivity index is 3.61. The molecule has 0 aromatic carbocycles. The van der Waals surface area contributed by atoms with Crippen molar-refractivity contribution in [3.8, 4) is 0 Å². The van der Waals surface area contributed by atoms with Gasteiger partial charge in [-0.15, -0.1) is 0 Å². The highest BCUT2D eigenvalue weighted by Gasteiger charge is 2.26. The number of hydrogen-bond donors (Lipinski definition) is 1. The Morgan fingerprint density at radius 3 is 2.00 bits per heavy atom. The van der Waals surface area contributed by atoms with E-state index in [0.717, 1.165) is 0 Å². The van der Waals surface area contributed by atoms with E-state index < -0.39 is 34.9 Å². The minimum atomic E-state index is -4.36. The fourth-order valence-electron chi connectivity index (χ4n) is 0.455. The van der Waals surface area contributed by atoms with E-state index in [1.807, 2.05) is 0 Å². The minimum Gasteiger partial charge on any atom is -0.286 e. The van der Waals surface area contributed by atoms with Crippen LogP contribution in [0.15, 0.2) is 0 Å². The first-order valence-corrected chi connectivity index (χ1v) is 4.33. The first kappa shape index (κ1) is 10.7. The first-order valence-electron chi connectivity index (χ1n) is 2.73. The molecule has 0 atom stereocenters. The van der Waals surface area contributed by atoms with Gasteiger partial charge in [0.1, 0.15) is 0 Å². The van der Waals surface area contributed by atoms with E-state index in [1.54, 1.807) is 0 Å². The van der Waals surface area contributed by atoms with Gasteiger partial charge in [0, 0.05) is 6.42 Å². The maximum Gasteiger partial charge on any atom is 0.389 e. The van der Waals surface area contributed by atoms with Crippen LogP contribution in [-0.4, -0.2) is 24.9 Å². The standard InChI is InChI=1S/C4H7F3O3S/c5-4(6,7)2-1-3-11(8,9)10/h1-3H2,(H,8,9,10). The molecule has 0 radical (unpaired) electrons. The molecule has 68 valence electrons. The summed E-state index contributed by atoms with van der Waals surface area (Å²) in [5.74, 6) is -0.841. The molecule has 0 aromatic rings. The van der Waals surface area contributed by atoms with Crippen molar-refractivity contribution in [1.82, 2.24) is 0 Å². The third kappa shape index (κ3) is 9.70. The van der Waals surface area contributed by atoms with Gasteiger partial charge in [-0.2, -0.15) is 21.6 Å². The van der Waals surface area contributed by atoms with Crippen molar-refractivity contribution in [2.45, 2.75) is 19.0 Å². The second-order valence-electron chi connectivity index (χ2n) is 2.00. The van der Waals surface area contributed by atoms with Gasteiger partial charge >= 0.3 is 6.18 Å². The largest absolute Gasteiger partial charge is 0.389 e. The third-order valence-corrected chi connectivity index (χ3v) is 1.67. The molecule has 0 amide bonds. The van der Waals surface area contributed by atoms with Crippen LogP contribution >= 0.6 is 0 Å². The van der Waals surface area contributed by atoms with Crippen LogP contribution in [0.2, 0.25) is 0 Å². The smallest absolute Gasteiger partial charge is 0.286 e. The van der Waals surface area contributed by atoms with Crippen LogP contribution in [0.25, 0.3) is 0 Å². The van der Waals surface area contributed by atoms with E-state index in [1.165, 1.54) is 0 Å². The van der Waals surface area contributed by atoms with Crippen LogP contribution in [0.4, 0.5) is 13.2 Å². The molecule has 11 heavy (non-hydrogen) atoms. The number of halogens is 3. The van der Waals surface area contributed by atoms with Crippen molar-refractivity contribution in [2.24, 2.45) is 0 Å². The Labute approximate surface area is 62.0 Å². The van der Waals surface area contributed by atoms with Crippen molar-refractivity contribution in [2.75, 3.05) is 5.75 Å². The van der Waals surface area contributed by atoms with Gasteiger partial charge in [0.25, 0.3) is 10.1 Å². The molecule has 3 nitrogen and oxygen atoms in total. The highest BCUT2D eigenvalue weighted by atomic mass is 32.2. The van der Waals surface area contributed by atoms with Crippen LogP contribution in [0.1, 0.15) is 12.8 Å². The molecule has 0 unspecified atom stereocenters. The van der Waals surface area contributed by atoms with Gasteiger partial charge in [-0.05, 0) is 6.42 Å². The van der Waals surface area contributed by atoms with Crippen LogP contribution in [0.3, 0.4) is 0 Å². The third-order valence-electron chi connectivity index (χ3n) is 0.863. The highest BCUT2D eigenvalue weighted by Crippen LogP contribution is 2.21. The highest BCUT2D eigenvalue weighted by molar-refractivity contribution is 7.85. The lowest BCUT2D eigenvalue weighted by Crippen LogP contribution is -2.11. The SMILES string of the molecule is O=S(=O)(O)CCCC(F)(F)F. The van der Waals surface area contributed by atoms with E-state index in [9.17, 15) is 21.6 Å². The van der Waals surface area contributed by atoms with Gasteiger partial charge in [-0.1, -0.05) is 0 Å². The van der Waals surface area contributed by atoms with E-state index in [4.69, 9.17) is 4.55 Å². The topological polar surface area (TPSA) is 54.4 Å². The molecule has 0 aliphatic heterocycles. The van der Waals surface area contributed by atoms with Crippen molar-refractivity contribution >= 4 is 10.1 Å². The van der Waals surface area contributed by atoms with Gasteiger partial charge in [0.2, 0.25) is 0 Å². The van der Waals surface area contributed by atoms with Crippen LogP contribution in [0, 0.1) is 0 Å². The Morgan fingerprint density at radius 1 is 1.27 bits per heavy atom. The van der Waals surface area contributed by atoms with Crippen LogP contribution < -0.4 is 0 Å². The lowest BCUT2D eigenvalue weighted by Gasteiger charge is -2.03. The van der Waals surface area contributed by atoms with E-state index >= 15 is 0 Å². The number of hydrogen-bond acceptors (Lipinski definition) is 2. The van der Waals surface area contributed by atoms with Gasteiger partial charge in [0.05, 0.1) is 5.75 Å². The Kier molecular flexibility index (Phi) is 3.30. The van der Waals surface area contributed by atoms with Gasteiger partial charge in [-0.3, -0.25) is 4.55 Å². The maximum absolute atomic E-state index is 11.4. The molecule has 0 aliphatic carbocycles. The molecular formula is C4H7F3O3S.